The molecule has 0 aromatic carbocycles. The van der Waals surface area contributed by atoms with Crippen molar-refractivity contribution in [3.63, 3.8) is 0 Å². The zero-order valence-corrected chi connectivity index (χ0v) is 21.4. The number of aliphatic hydroxyl groups is 1. The third-order valence-electron chi connectivity index (χ3n) is 5.50. The van der Waals surface area contributed by atoms with E-state index in [-0.39, 0.29) is 25.2 Å². The number of carbonyl (C=O) groups excluding carboxylic acids is 2. The fourth-order valence-electron chi connectivity index (χ4n) is 3.40. The van der Waals surface area contributed by atoms with E-state index in [1.54, 1.807) is 0 Å². The van der Waals surface area contributed by atoms with Crippen LogP contribution in [0, 0.1) is 0 Å². The van der Waals surface area contributed by atoms with Crippen molar-refractivity contribution in [3.05, 3.63) is 24.3 Å². The Labute approximate surface area is 203 Å². The number of rotatable bonds is 23. The van der Waals surface area contributed by atoms with E-state index >= 15 is 0 Å². The van der Waals surface area contributed by atoms with Crippen LogP contribution in [0.1, 0.15) is 123 Å². The molecule has 0 saturated carbocycles. The predicted octanol–water partition coefficient (Wildman–Crippen LogP) is 7.22. The van der Waals surface area contributed by atoms with Crippen molar-refractivity contribution in [1.82, 2.24) is 0 Å². The molecule has 0 fully saturated rings. The molecule has 0 aromatic rings. The maximum atomic E-state index is 11.9. The van der Waals surface area contributed by atoms with Gasteiger partial charge in [-0.2, -0.15) is 0 Å². The first-order valence-electron chi connectivity index (χ1n) is 13.4. The minimum absolute atomic E-state index is 0.0724. The minimum atomic E-state index is -0.768. The molecule has 33 heavy (non-hydrogen) atoms. The minimum Gasteiger partial charge on any atom is -0.462 e. The van der Waals surface area contributed by atoms with E-state index in [0.717, 1.165) is 57.8 Å². The summed E-state index contributed by atoms with van der Waals surface area (Å²) < 4.78 is 10.4. The zero-order valence-electron chi connectivity index (χ0n) is 21.4. The number of allylic oxidation sites excluding steroid dienone is 4. The van der Waals surface area contributed by atoms with Gasteiger partial charge >= 0.3 is 11.9 Å². The molecule has 0 aliphatic heterocycles. The van der Waals surface area contributed by atoms with Crippen LogP contribution in [0.15, 0.2) is 24.3 Å². The lowest BCUT2D eigenvalue weighted by Crippen LogP contribution is -2.28. The van der Waals surface area contributed by atoms with Crippen molar-refractivity contribution in [2.75, 3.05) is 13.2 Å². The molecule has 1 N–H and O–H groups in total. The van der Waals surface area contributed by atoms with Crippen molar-refractivity contribution >= 4 is 11.9 Å². The van der Waals surface area contributed by atoms with Crippen LogP contribution in [0.25, 0.3) is 0 Å². The second-order valence-corrected chi connectivity index (χ2v) is 8.77. The van der Waals surface area contributed by atoms with Gasteiger partial charge in [-0.05, 0) is 44.9 Å². The van der Waals surface area contributed by atoms with E-state index < -0.39 is 6.10 Å². The molecular weight excluding hydrogens is 416 g/mol. The van der Waals surface area contributed by atoms with E-state index in [0.29, 0.717) is 12.8 Å². The first-order chi connectivity index (χ1) is 16.1. The molecular formula is C28H50O5. The highest BCUT2D eigenvalue weighted by molar-refractivity contribution is 5.70. The Hall–Kier alpha value is -1.62. The van der Waals surface area contributed by atoms with Crippen LogP contribution in [0.2, 0.25) is 0 Å². The number of esters is 2. The summed E-state index contributed by atoms with van der Waals surface area (Å²) in [5.41, 5.74) is 0. The van der Waals surface area contributed by atoms with Gasteiger partial charge in [-0.15, -0.1) is 0 Å². The summed E-state index contributed by atoms with van der Waals surface area (Å²) in [5.74, 6) is -0.631. The molecule has 0 spiro atoms. The smallest absolute Gasteiger partial charge is 0.306 e. The highest BCUT2D eigenvalue weighted by Gasteiger charge is 2.15. The van der Waals surface area contributed by atoms with Crippen LogP contribution in [0.5, 0.6) is 0 Å². The van der Waals surface area contributed by atoms with Crippen LogP contribution < -0.4 is 0 Å². The molecule has 1 atom stereocenters. The van der Waals surface area contributed by atoms with E-state index in [4.69, 9.17) is 9.47 Å². The quantitative estimate of drug-likeness (QED) is 0.0977. The Balaban J connectivity index is 3.62. The van der Waals surface area contributed by atoms with Crippen LogP contribution >= 0.6 is 0 Å². The second-order valence-electron chi connectivity index (χ2n) is 8.77. The fraction of sp³-hybridized carbons (Fsp3) is 0.786. The normalized spacial score (nSPS) is 12.5. The monoisotopic (exact) mass is 466 g/mol. The highest BCUT2D eigenvalue weighted by atomic mass is 16.6. The molecule has 0 aliphatic rings. The van der Waals surface area contributed by atoms with Crippen molar-refractivity contribution in [3.8, 4) is 0 Å². The summed E-state index contributed by atoms with van der Waals surface area (Å²) >= 11 is 0. The van der Waals surface area contributed by atoms with Crippen LogP contribution in [-0.2, 0) is 19.1 Å². The van der Waals surface area contributed by atoms with Gasteiger partial charge in [0.05, 0.1) is 6.61 Å². The molecule has 0 heterocycles. The van der Waals surface area contributed by atoms with E-state index in [1.165, 1.54) is 38.5 Å². The summed E-state index contributed by atoms with van der Waals surface area (Å²) in [6.45, 7) is 3.94. The standard InChI is InChI=1S/C28H50O5/c1-3-5-7-9-10-11-12-13-14-15-16-17-18-19-21-23-28(31)33-26(24-29)25-32-27(30)22-20-8-6-4-2/h10-11,13-14,26,29H,3-9,12,15-25H2,1-2H3/b11-10-,14-13-. The van der Waals surface area contributed by atoms with Gasteiger partial charge < -0.3 is 14.6 Å². The van der Waals surface area contributed by atoms with Crippen molar-refractivity contribution in [2.24, 2.45) is 0 Å². The van der Waals surface area contributed by atoms with Crippen molar-refractivity contribution in [2.45, 2.75) is 129 Å². The van der Waals surface area contributed by atoms with Crippen LogP contribution in [-0.4, -0.2) is 36.4 Å². The number of ether oxygens (including phenoxy) is 2. The van der Waals surface area contributed by atoms with Gasteiger partial charge in [-0.3, -0.25) is 9.59 Å². The van der Waals surface area contributed by atoms with Gasteiger partial charge in [0.2, 0.25) is 0 Å². The Morgan fingerprint density at radius 1 is 0.697 bits per heavy atom. The number of hydrogen-bond donors (Lipinski definition) is 1. The molecule has 0 aliphatic carbocycles. The molecule has 0 bridgehead atoms. The highest BCUT2D eigenvalue weighted by Crippen LogP contribution is 2.10. The van der Waals surface area contributed by atoms with Crippen molar-refractivity contribution < 1.29 is 24.2 Å². The van der Waals surface area contributed by atoms with Gasteiger partial charge in [0, 0.05) is 12.8 Å². The van der Waals surface area contributed by atoms with E-state index in [1.807, 2.05) is 0 Å². The lowest BCUT2D eigenvalue weighted by molar-refractivity contribution is -0.161. The summed E-state index contributed by atoms with van der Waals surface area (Å²) in [4.78, 5) is 23.6. The van der Waals surface area contributed by atoms with E-state index in [9.17, 15) is 14.7 Å². The molecule has 192 valence electrons. The molecule has 0 saturated heterocycles. The summed E-state index contributed by atoms with van der Waals surface area (Å²) in [6, 6.07) is 0. The van der Waals surface area contributed by atoms with Gasteiger partial charge in [0.15, 0.2) is 6.10 Å². The SMILES string of the molecule is CCCCC/C=C\C/C=C\CCCCCCCC(=O)OC(CO)COC(=O)CCCCCC. The zero-order chi connectivity index (χ0) is 24.4. The molecule has 1 unspecified atom stereocenters. The third-order valence-corrected chi connectivity index (χ3v) is 5.50. The van der Waals surface area contributed by atoms with Crippen LogP contribution in [0.4, 0.5) is 0 Å². The molecule has 0 radical (unpaired) electrons. The molecule has 0 rings (SSSR count). The van der Waals surface area contributed by atoms with Crippen molar-refractivity contribution in [1.29, 1.82) is 0 Å². The maximum Gasteiger partial charge on any atom is 0.306 e. The average molecular weight is 467 g/mol. The molecule has 0 aromatic heterocycles. The van der Waals surface area contributed by atoms with E-state index in [2.05, 4.69) is 38.2 Å². The summed E-state index contributed by atoms with van der Waals surface area (Å²) in [5, 5.41) is 9.36. The third kappa shape index (κ3) is 23.3. The maximum absolute atomic E-state index is 11.9. The van der Waals surface area contributed by atoms with Gasteiger partial charge in [-0.1, -0.05) is 89.5 Å². The predicted molar refractivity (Wildman–Crippen MR) is 136 cm³/mol. The van der Waals surface area contributed by atoms with Gasteiger partial charge in [-0.25, -0.2) is 0 Å². The Morgan fingerprint density at radius 3 is 1.85 bits per heavy atom. The number of carbonyl (C=O) groups is 2. The summed E-state index contributed by atoms with van der Waals surface area (Å²) in [6.07, 6.45) is 25.5. The molecule has 5 nitrogen and oxygen atoms in total. The first-order valence-corrected chi connectivity index (χ1v) is 13.4. The Morgan fingerprint density at radius 2 is 1.21 bits per heavy atom. The average Bonchev–Trinajstić information content (AvgIpc) is 2.81. The lowest BCUT2D eigenvalue weighted by Gasteiger charge is -2.15. The lowest BCUT2D eigenvalue weighted by atomic mass is 10.1. The first kappa shape index (κ1) is 31.4. The number of unbranched alkanes of at least 4 members (excludes halogenated alkanes) is 11. The van der Waals surface area contributed by atoms with Crippen LogP contribution in [0.3, 0.4) is 0 Å². The molecule has 5 heteroatoms. The largest absolute Gasteiger partial charge is 0.462 e. The number of hydrogen-bond acceptors (Lipinski definition) is 5. The Kier molecular flexibility index (Phi) is 23.8. The Bertz CT molecular complexity index is 512. The molecule has 0 amide bonds. The summed E-state index contributed by atoms with van der Waals surface area (Å²) in [7, 11) is 0. The fourth-order valence-corrected chi connectivity index (χ4v) is 3.40. The number of aliphatic hydroxyl groups excluding tert-OH is 1. The van der Waals surface area contributed by atoms with Gasteiger partial charge in [0.1, 0.15) is 6.61 Å². The van der Waals surface area contributed by atoms with Gasteiger partial charge in [0.25, 0.3) is 0 Å². The second kappa shape index (κ2) is 25.0. The topological polar surface area (TPSA) is 72.8 Å².